The highest BCUT2D eigenvalue weighted by molar-refractivity contribution is 7.92. The first-order valence-electron chi connectivity index (χ1n) is 8.50. The fraction of sp³-hybridized carbons (Fsp3) is 0.158. The molecule has 0 saturated carbocycles. The Kier molecular flexibility index (Phi) is 4.49. The number of anilines is 3. The minimum atomic E-state index is -3.85. The Morgan fingerprint density at radius 2 is 1.74 bits per heavy atom. The topological polar surface area (TPSA) is 75.2 Å². The quantitative estimate of drug-likeness (QED) is 0.745. The van der Waals surface area contributed by atoms with E-state index < -0.39 is 15.8 Å². The molecule has 1 aliphatic heterocycles. The number of fused-ring (bicyclic) bond motifs is 1. The SMILES string of the molecule is O=S(=O)(Nc1ccc(N2CCCc3ccccc32)nn1)c1ccc(F)cc1. The number of halogens is 1. The largest absolute Gasteiger partial charge is 0.325 e. The van der Waals surface area contributed by atoms with E-state index in [9.17, 15) is 12.8 Å². The van der Waals surface area contributed by atoms with Crippen molar-refractivity contribution in [1.82, 2.24) is 10.2 Å². The molecule has 27 heavy (non-hydrogen) atoms. The van der Waals surface area contributed by atoms with Gasteiger partial charge in [0.1, 0.15) is 5.82 Å². The maximum Gasteiger partial charge on any atom is 0.263 e. The van der Waals surface area contributed by atoms with E-state index in [1.54, 1.807) is 12.1 Å². The van der Waals surface area contributed by atoms with Crippen LogP contribution in [0.4, 0.5) is 21.7 Å². The third-order valence-electron chi connectivity index (χ3n) is 4.40. The number of sulfonamides is 1. The molecule has 1 aliphatic rings. The Balaban J connectivity index is 1.56. The first kappa shape index (κ1) is 17.4. The van der Waals surface area contributed by atoms with Gasteiger partial charge in [0.05, 0.1) is 4.90 Å². The second-order valence-electron chi connectivity index (χ2n) is 6.22. The number of hydrogen-bond acceptors (Lipinski definition) is 5. The summed E-state index contributed by atoms with van der Waals surface area (Å²) in [5, 5.41) is 8.18. The third-order valence-corrected chi connectivity index (χ3v) is 5.77. The van der Waals surface area contributed by atoms with E-state index in [-0.39, 0.29) is 10.7 Å². The first-order chi connectivity index (χ1) is 13.0. The summed E-state index contributed by atoms with van der Waals surface area (Å²) in [7, 11) is -3.85. The van der Waals surface area contributed by atoms with Crippen LogP contribution in [-0.2, 0) is 16.4 Å². The van der Waals surface area contributed by atoms with Crippen LogP contribution in [0.15, 0.2) is 65.6 Å². The monoisotopic (exact) mass is 384 g/mol. The molecule has 2 aromatic carbocycles. The second kappa shape index (κ2) is 6.96. The molecular formula is C19H17FN4O2S. The van der Waals surface area contributed by atoms with Crippen molar-refractivity contribution in [3.05, 3.63) is 72.0 Å². The van der Waals surface area contributed by atoms with Crippen molar-refractivity contribution in [2.24, 2.45) is 0 Å². The first-order valence-corrected chi connectivity index (χ1v) is 9.99. The summed E-state index contributed by atoms with van der Waals surface area (Å²) in [6, 6.07) is 16.0. The molecule has 8 heteroatoms. The Bertz CT molecular complexity index is 1050. The molecular weight excluding hydrogens is 367 g/mol. The zero-order valence-electron chi connectivity index (χ0n) is 14.3. The highest BCUT2D eigenvalue weighted by Crippen LogP contribution is 2.32. The molecule has 0 radical (unpaired) electrons. The van der Waals surface area contributed by atoms with Gasteiger partial charge in [-0.3, -0.25) is 4.72 Å². The number of nitrogens with one attached hydrogen (secondary N) is 1. The molecule has 6 nitrogen and oxygen atoms in total. The van der Waals surface area contributed by atoms with Crippen molar-refractivity contribution in [1.29, 1.82) is 0 Å². The molecule has 4 rings (SSSR count). The van der Waals surface area contributed by atoms with Crippen LogP contribution in [0.25, 0.3) is 0 Å². The van der Waals surface area contributed by atoms with E-state index in [1.165, 1.54) is 17.7 Å². The zero-order chi connectivity index (χ0) is 18.9. The van der Waals surface area contributed by atoms with Crippen LogP contribution in [-0.4, -0.2) is 25.2 Å². The maximum atomic E-state index is 13.0. The molecule has 0 aliphatic carbocycles. The minimum Gasteiger partial charge on any atom is -0.325 e. The van der Waals surface area contributed by atoms with Gasteiger partial charge in [-0.15, -0.1) is 10.2 Å². The molecule has 138 valence electrons. The molecule has 0 unspecified atom stereocenters. The number of benzene rings is 2. The number of aryl methyl sites for hydroxylation is 1. The van der Waals surface area contributed by atoms with E-state index in [2.05, 4.69) is 25.9 Å². The number of aromatic nitrogens is 2. The van der Waals surface area contributed by atoms with Crippen molar-refractivity contribution in [3.8, 4) is 0 Å². The van der Waals surface area contributed by atoms with Crippen molar-refractivity contribution in [2.45, 2.75) is 17.7 Å². The average molecular weight is 384 g/mol. The lowest BCUT2D eigenvalue weighted by molar-refractivity contribution is 0.599. The van der Waals surface area contributed by atoms with Gasteiger partial charge in [-0.1, -0.05) is 18.2 Å². The number of para-hydroxylation sites is 1. The molecule has 2 heterocycles. The van der Waals surface area contributed by atoms with Crippen molar-refractivity contribution in [3.63, 3.8) is 0 Å². The Morgan fingerprint density at radius 3 is 2.48 bits per heavy atom. The summed E-state index contributed by atoms with van der Waals surface area (Å²) in [5.41, 5.74) is 2.35. The normalized spacial score (nSPS) is 13.9. The van der Waals surface area contributed by atoms with Gasteiger partial charge >= 0.3 is 0 Å². The van der Waals surface area contributed by atoms with Crippen LogP contribution in [0.5, 0.6) is 0 Å². The summed E-state index contributed by atoms with van der Waals surface area (Å²) in [4.78, 5) is 2.03. The van der Waals surface area contributed by atoms with Gasteiger partial charge in [-0.25, -0.2) is 12.8 Å². The molecule has 1 aromatic heterocycles. The van der Waals surface area contributed by atoms with Crippen LogP contribution < -0.4 is 9.62 Å². The van der Waals surface area contributed by atoms with Gasteiger partial charge in [0.25, 0.3) is 10.0 Å². The fourth-order valence-corrected chi connectivity index (χ4v) is 4.10. The molecule has 0 saturated heterocycles. The van der Waals surface area contributed by atoms with Crippen LogP contribution >= 0.6 is 0 Å². The van der Waals surface area contributed by atoms with E-state index in [0.29, 0.717) is 5.82 Å². The van der Waals surface area contributed by atoms with E-state index in [1.807, 2.05) is 18.2 Å². The molecule has 3 aromatic rings. The van der Waals surface area contributed by atoms with Gasteiger partial charge in [0.2, 0.25) is 0 Å². The van der Waals surface area contributed by atoms with E-state index in [4.69, 9.17) is 0 Å². The average Bonchev–Trinajstić information content (AvgIpc) is 2.68. The molecule has 0 bridgehead atoms. The van der Waals surface area contributed by atoms with Crippen LogP contribution in [0.2, 0.25) is 0 Å². The van der Waals surface area contributed by atoms with E-state index in [0.717, 1.165) is 37.2 Å². The number of nitrogens with zero attached hydrogens (tertiary/aromatic N) is 3. The van der Waals surface area contributed by atoms with Crippen LogP contribution in [0.1, 0.15) is 12.0 Å². The predicted molar refractivity (Wildman–Crippen MR) is 101 cm³/mol. The van der Waals surface area contributed by atoms with Crippen molar-refractivity contribution >= 4 is 27.3 Å². The minimum absolute atomic E-state index is 0.0419. The van der Waals surface area contributed by atoms with Gasteiger partial charge < -0.3 is 4.90 Å². The third kappa shape index (κ3) is 3.61. The standard InChI is InChI=1S/C19H17FN4O2S/c20-15-7-9-16(10-8-15)27(25,26)23-18-11-12-19(22-21-18)24-13-3-5-14-4-1-2-6-17(14)24/h1-2,4,6-12H,3,5,13H2,(H,21,23). The van der Waals surface area contributed by atoms with Crippen LogP contribution in [0, 0.1) is 5.82 Å². The van der Waals surface area contributed by atoms with Crippen molar-refractivity contribution in [2.75, 3.05) is 16.2 Å². The molecule has 0 amide bonds. The number of rotatable bonds is 4. The lowest BCUT2D eigenvalue weighted by atomic mass is 10.0. The van der Waals surface area contributed by atoms with Crippen LogP contribution in [0.3, 0.4) is 0 Å². The summed E-state index contributed by atoms with van der Waals surface area (Å²) >= 11 is 0. The Morgan fingerprint density at radius 1 is 0.963 bits per heavy atom. The summed E-state index contributed by atoms with van der Waals surface area (Å²) in [6.45, 7) is 0.826. The van der Waals surface area contributed by atoms with Gasteiger partial charge in [0, 0.05) is 12.2 Å². The highest BCUT2D eigenvalue weighted by atomic mass is 32.2. The smallest absolute Gasteiger partial charge is 0.263 e. The zero-order valence-corrected chi connectivity index (χ0v) is 15.2. The summed E-state index contributed by atoms with van der Waals surface area (Å²) in [6.07, 6.45) is 2.04. The van der Waals surface area contributed by atoms with Crippen molar-refractivity contribution < 1.29 is 12.8 Å². The van der Waals surface area contributed by atoms with Gasteiger partial charge in [-0.2, -0.15) is 0 Å². The summed E-state index contributed by atoms with van der Waals surface area (Å²) < 4.78 is 40.0. The lowest BCUT2D eigenvalue weighted by Crippen LogP contribution is -2.25. The highest BCUT2D eigenvalue weighted by Gasteiger charge is 2.20. The Labute approximate surface area is 156 Å². The molecule has 0 atom stereocenters. The predicted octanol–water partition coefficient (Wildman–Crippen LogP) is 3.50. The molecule has 1 N–H and O–H groups in total. The number of hydrogen-bond donors (Lipinski definition) is 1. The van der Waals surface area contributed by atoms with Gasteiger partial charge in [-0.05, 0) is 60.9 Å². The maximum absolute atomic E-state index is 13.0. The molecule has 0 fully saturated rings. The second-order valence-corrected chi connectivity index (χ2v) is 7.90. The van der Waals surface area contributed by atoms with E-state index >= 15 is 0 Å². The lowest BCUT2D eigenvalue weighted by Gasteiger charge is -2.29. The fourth-order valence-electron chi connectivity index (χ4n) is 3.11. The molecule has 0 spiro atoms. The Hall–Kier alpha value is -3.00. The van der Waals surface area contributed by atoms with Gasteiger partial charge in [0.15, 0.2) is 11.6 Å². The summed E-state index contributed by atoms with van der Waals surface area (Å²) in [5.74, 6) is 0.264.